The minimum atomic E-state index is 0.752. The van der Waals surface area contributed by atoms with E-state index >= 15 is 0 Å². The summed E-state index contributed by atoms with van der Waals surface area (Å²) in [6.45, 7) is 6.04. The van der Waals surface area contributed by atoms with Crippen molar-refractivity contribution >= 4 is 0 Å². The number of aromatic nitrogens is 2. The van der Waals surface area contributed by atoms with Gasteiger partial charge in [-0.2, -0.15) is 0 Å². The summed E-state index contributed by atoms with van der Waals surface area (Å²) in [7, 11) is 3.94. The lowest BCUT2D eigenvalue weighted by Gasteiger charge is -2.30. The summed E-state index contributed by atoms with van der Waals surface area (Å²) >= 11 is 0. The van der Waals surface area contributed by atoms with Crippen molar-refractivity contribution < 1.29 is 4.74 Å². The molecule has 0 bridgehead atoms. The molecule has 1 saturated heterocycles. The average Bonchev–Trinajstić information content (AvgIpc) is 2.82. The zero-order valence-corrected chi connectivity index (χ0v) is 12.1. The monoisotopic (exact) mass is 266 g/mol. The number of imidazole rings is 1. The Kier molecular flexibility index (Phi) is 5.82. The van der Waals surface area contributed by atoms with Crippen LogP contribution in [0.4, 0.5) is 0 Å². The molecule has 1 aliphatic heterocycles. The molecule has 0 spiro atoms. The Morgan fingerprint density at radius 2 is 2.42 bits per heavy atom. The smallest absolute Gasteiger partial charge is 0.0948 e. The fourth-order valence-corrected chi connectivity index (χ4v) is 2.75. The average molecular weight is 266 g/mol. The molecule has 2 heterocycles. The molecule has 108 valence electrons. The number of nitrogens with one attached hydrogen (secondary N) is 1. The Labute approximate surface area is 116 Å². The highest BCUT2D eigenvalue weighted by Gasteiger charge is 2.18. The summed E-state index contributed by atoms with van der Waals surface area (Å²) in [5.41, 5.74) is 1.27. The van der Waals surface area contributed by atoms with Gasteiger partial charge in [-0.1, -0.05) is 0 Å². The number of ether oxygens (including phenoxy) is 1. The first-order valence-corrected chi connectivity index (χ1v) is 7.17. The maximum absolute atomic E-state index is 5.03. The van der Waals surface area contributed by atoms with Crippen molar-refractivity contribution in [3.05, 3.63) is 18.2 Å². The van der Waals surface area contributed by atoms with Crippen molar-refractivity contribution in [2.45, 2.75) is 25.9 Å². The van der Waals surface area contributed by atoms with Crippen LogP contribution in [0.3, 0.4) is 0 Å². The number of piperidine rings is 1. The highest BCUT2D eigenvalue weighted by molar-refractivity contribution is 4.98. The second-order valence-electron chi connectivity index (χ2n) is 5.48. The number of rotatable bonds is 7. The second-order valence-corrected chi connectivity index (χ2v) is 5.48. The van der Waals surface area contributed by atoms with Gasteiger partial charge in [-0.3, -0.25) is 0 Å². The van der Waals surface area contributed by atoms with Crippen LogP contribution in [0.1, 0.15) is 18.5 Å². The first-order chi connectivity index (χ1) is 9.29. The molecule has 1 aromatic rings. The van der Waals surface area contributed by atoms with Gasteiger partial charge in [0.2, 0.25) is 0 Å². The molecule has 0 saturated carbocycles. The molecule has 0 aliphatic carbocycles. The van der Waals surface area contributed by atoms with E-state index in [1.165, 1.54) is 31.6 Å². The van der Waals surface area contributed by atoms with Gasteiger partial charge in [0.05, 0.1) is 18.6 Å². The van der Waals surface area contributed by atoms with Gasteiger partial charge in [0.15, 0.2) is 0 Å². The van der Waals surface area contributed by atoms with Crippen LogP contribution < -0.4 is 5.32 Å². The quantitative estimate of drug-likeness (QED) is 0.747. The van der Waals surface area contributed by atoms with Crippen molar-refractivity contribution in [2.24, 2.45) is 5.92 Å². The molecule has 1 unspecified atom stereocenters. The number of nitrogens with zero attached hydrogens (tertiary/aromatic N) is 3. The van der Waals surface area contributed by atoms with Gasteiger partial charge in [-0.15, -0.1) is 0 Å². The summed E-state index contributed by atoms with van der Waals surface area (Å²) in [6.07, 6.45) is 6.57. The molecule has 1 atom stereocenters. The highest BCUT2D eigenvalue weighted by atomic mass is 16.5. The topological polar surface area (TPSA) is 42.3 Å². The van der Waals surface area contributed by atoms with E-state index in [9.17, 15) is 0 Å². The van der Waals surface area contributed by atoms with E-state index in [0.717, 1.165) is 32.2 Å². The Balaban J connectivity index is 1.81. The van der Waals surface area contributed by atoms with Crippen LogP contribution in [-0.2, 0) is 17.8 Å². The second kappa shape index (κ2) is 7.62. The first-order valence-electron chi connectivity index (χ1n) is 7.17. The maximum atomic E-state index is 5.03. The van der Waals surface area contributed by atoms with E-state index in [-0.39, 0.29) is 0 Å². The summed E-state index contributed by atoms with van der Waals surface area (Å²) in [6, 6.07) is 0. The molecule has 0 radical (unpaired) electrons. The zero-order valence-electron chi connectivity index (χ0n) is 12.1. The van der Waals surface area contributed by atoms with Gasteiger partial charge in [0.1, 0.15) is 0 Å². The largest absolute Gasteiger partial charge is 0.383 e. The Morgan fingerprint density at radius 3 is 3.21 bits per heavy atom. The van der Waals surface area contributed by atoms with E-state index in [1.807, 2.05) is 12.5 Å². The van der Waals surface area contributed by atoms with Crippen LogP contribution in [0, 0.1) is 5.92 Å². The molecule has 1 fully saturated rings. The molecule has 2 rings (SSSR count). The van der Waals surface area contributed by atoms with Crippen LogP contribution in [0.25, 0.3) is 0 Å². The lowest BCUT2D eigenvalue weighted by Crippen LogP contribution is -2.34. The van der Waals surface area contributed by atoms with Gasteiger partial charge in [0, 0.05) is 39.5 Å². The van der Waals surface area contributed by atoms with Gasteiger partial charge >= 0.3 is 0 Å². The summed E-state index contributed by atoms with van der Waals surface area (Å²) in [5, 5.41) is 3.38. The third kappa shape index (κ3) is 4.60. The minimum Gasteiger partial charge on any atom is -0.383 e. The molecule has 1 aliphatic rings. The molecule has 1 N–H and O–H groups in total. The molecule has 1 aromatic heterocycles. The van der Waals surface area contributed by atoms with E-state index < -0.39 is 0 Å². The van der Waals surface area contributed by atoms with Crippen molar-refractivity contribution in [2.75, 3.05) is 40.4 Å². The summed E-state index contributed by atoms with van der Waals surface area (Å²) < 4.78 is 7.33. The third-order valence-corrected chi connectivity index (χ3v) is 3.76. The number of hydrogen-bond acceptors (Lipinski definition) is 4. The van der Waals surface area contributed by atoms with Crippen molar-refractivity contribution in [3.8, 4) is 0 Å². The molecule has 0 amide bonds. The highest BCUT2D eigenvalue weighted by Crippen LogP contribution is 2.17. The Hall–Kier alpha value is -0.910. The minimum absolute atomic E-state index is 0.752. The van der Waals surface area contributed by atoms with Crippen molar-refractivity contribution in [1.29, 1.82) is 0 Å². The molecular formula is C14H26N4O. The SMILES string of the molecule is COCCNCc1cncn1CC1CCCN(C)C1. The summed E-state index contributed by atoms with van der Waals surface area (Å²) in [4.78, 5) is 6.72. The molecule has 5 nitrogen and oxygen atoms in total. The lowest BCUT2D eigenvalue weighted by molar-refractivity contribution is 0.192. The lowest BCUT2D eigenvalue weighted by atomic mass is 9.98. The first kappa shape index (κ1) is 14.5. The van der Waals surface area contributed by atoms with E-state index in [4.69, 9.17) is 4.74 Å². The maximum Gasteiger partial charge on any atom is 0.0948 e. The normalized spacial score (nSPS) is 20.8. The fraction of sp³-hybridized carbons (Fsp3) is 0.786. The van der Waals surface area contributed by atoms with Crippen molar-refractivity contribution in [1.82, 2.24) is 19.8 Å². The van der Waals surface area contributed by atoms with Gasteiger partial charge < -0.3 is 19.5 Å². The molecular weight excluding hydrogens is 240 g/mol. The molecule has 5 heteroatoms. The van der Waals surface area contributed by atoms with E-state index in [1.54, 1.807) is 7.11 Å². The van der Waals surface area contributed by atoms with E-state index in [2.05, 4.69) is 26.8 Å². The molecule has 19 heavy (non-hydrogen) atoms. The fourth-order valence-electron chi connectivity index (χ4n) is 2.75. The predicted molar refractivity (Wildman–Crippen MR) is 76.0 cm³/mol. The van der Waals surface area contributed by atoms with Crippen molar-refractivity contribution in [3.63, 3.8) is 0 Å². The summed E-state index contributed by atoms with van der Waals surface area (Å²) in [5.74, 6) is 0.755. The van der Waals surface area contributed by atoms with Crippen LogP contribution in [0.2, 0.25) is 0 Å². The third-order valence-electron chi connectivity index (χ3n) is 3.76. The van der Waals surface area contributed by atoms with Crippen LogP contribution >= 0.6 is 0 Å². The number of methoxy groups -OCH3 is 1. The Morgan fingerprint density at radius 1 is 1.53 bits per heavy atom. The van der Waals surface area contributed by atoms with Gasteiger partial charge in [-0.05, 0) is 32.4 Å². The number of likely N-dealkylation sites (tertiary alicyclic amines) is 1. The van der Waals surface area contributed by atoms with Gasteiger partial charge in [-0.25, -0.2) is 4.98 Å². The van der Waals surface area contributed by atoms with Crippen LogP contribution in [0.5, 0.6) is 0 Å². The standard InChI is InChI=1S/C14H26N4O/c1-17-6-3-4-13(10-17)11-18-12-16-9-14(18)8-15-5-7-19-2/h9,12-13,15H,3-8,10-11H2,1-2H3. The zero-order chi connectivity index (χ0) is 13.5. The van der Waals surface area contributed by atoms with Gasteiger partial charge in [0.25, 0.3) is 0 Å². The van der Waals surface area contributed by atoms with E-state index in [0.29, 0.717) is 0 Å². The van der Waals surface area contributed by atoms with Crippen LogP contribution in [-0.4, -0.2) is 54.8 Å². The Bertz CT molecular complexity index is 366. The predicted octanol–water partition coefficient (Wildman–Crippen LogP) is 0.961. The number of hydrogen-bond donors (Lipinski definition) is 1. The molecule has 0 aromatic carbocycles. The van der Waals surface area contributed by atoms with Crippen LogP contribution in [0.15, 0.2) is 12.5 Å².